The molecule has 1 unspecified atom stereocenters. The molecule has 6 heteroatoms. The van der Waals surface area contributed by atoms with Gasteiger partial charge in [0.25, 0.3) is 0 Å². The number of anilines is 1. The molecule has 0 fully saturated rings. The van der Waals surface area contributed by atoms with Crippen LogP contribution in [0.15, 0.2) is 72.9 Å². The minimum absolute atomic E-state index is 0.0887. The van der Waals surface area contributed by atoms with Crippen molar-refractivity contribution < 1.29 is 14.3 Å². The van der Waals surface area contributed by atoms with Gasteiger partial charge in [0.15, 0.2) is 11.5 Å². The zero-order valence-electron chi connectivity index (χ0n) is 18.4. The van der Waals surface area contributed by atoms with E-state index >= 15 is 0 Å². The third-order valence-electron chi connectivity index (χ3n) is 5.55. The summed E-state index contributed by atoms with van der Waals surface area (Å²) in [6.45, 7) is 2.40. The number of aryl methyl sites for hydroxylation is 1. The van der Waals surface area contributed by atoms with Crippen LogP contribution in [-0.4, -0.2) is 31.8 Å². The number of methoxy groups -OCH3 is 2. The predicted molar refractivity (Wildman–Crippen MR) is 128 cm³/mol. The molecule has 3 aromatic carbocycles. The normalized spacial score (nSPS) is 11.7. The molecule has 164 valence electrons. The summed E-state index contributed by atoms with van der Waals surface area (Å²) in [6.07, 6.45) is 2.01. The highest BCUT2D eigenvalue weighted by Crippen LogP contribution is 2.35. The maximum Gasteiger partial charge on any atom is 0.319 e. The molecule has 4 aromatic rings. The maximum absolute atomic E-state index is 12.6. The van der Waals surface area contributed by atoms with Crippen LogP contribution >= 0.6 is 0 Å². The molecule has 0 bridgehead atoms. The topological polar surface area (TPSA) is 75.4 Å². The van der Waals surface area contributed by atoms with Crippen LogP contribution in [0.1, 0.15) is 22.6 Å². The van der Waals surface area contributed by atoms with E-state index in [4.69, 9.17) is 9.47 Å². The van der Waals surface area contributed by atoms with Gasteiger partial charge in [0.05, 0.1) is 14.2 Å². The second-order valence-electron chi connectivity index (χ2n) is 7.66. The van der Waals surface area contributed by atoms with E-state index in [1.165, 1.54) is 0 Å². The van der Waals surface area contributed by atoms with Gasteiger partial charge < -0.3 is 25.1 Å². The molecule has 3 N–H and O–H groups in total. The Balaban J connectivity index is 1.63. The van der Waals surface area contributed by atoms with Crippen molar-refractivity contribution in [1.82, 2.24) is 10.3 Å². The number of H-pyrrole nitrogens is 1. The van der Waals surface area contributed by atoms with Crippen molar-refractivity contribution in [3.05, 3.63) is 89.6 Å². The van der Waals surface area contributed by atoms with Crippen molar-refractivity contribution in [2.45, 2.75) is 12.8 Å². The lowest BCUT2D eigenvalue weighted by atomic mass is 9.90. The zero-order valence-corrected chi connectivity index (χ0v) is 18.4. The molecule has 0 radical (unpaired) electrons. The highest BCUT2D eigenvalue weighted by molar-refractivity contribution is 5.89. The summed E-state index contributed by atoms with van der Waals surface area (Å²) in [4.78, 5) is 16.0. The predicted octanol–water partition coefficient (Wildman–Crippen LogP) is 5.45. The summed E-state index contributed by atoms with van der Waals surface area (Å²) in [5, 5.41) is 7.06. The zero-order chi connectivity index (χ0) is 22.5. The van der Waals surface area contributed by atoms with Crippen LogP contribution in [0.3, 0.4) is 0 Å². The van der Waals surface area contributed by atoms with E-state index in [1.54, 1.807) is 14.2 Å². The first-order chi connectivity index (χ1) is 15.6. The largest absolute Gasteiger partial charge is 0.493 e. The van der Waals surface area contributed by atoms with Gasteiger partial charge in [0.1, 0.15) is 0 Å². The number of urea groups is 1. The van der Waals surface area contributed by atoms with E-state index in [2.05, 4.69) is 21.7 Å². The number of ether oxygens (including phenoxy) is 2. The van der Waals surface area contributed by atoms with Crippen LogP contribution in [0.25, 0.3) is 10.9 Å². The molecule has 0 saturated heterocycles. The number of aromatic nitrogens is 1. The molecule has 1 aromatic heterocycles. The summed E-state index contributed by atoms with van der Waals surface area (Å²) < 4.78 is 10.9. The smallest absolute Gasteiger partial charge is 0.319 e. The highest BCUT2D eigenvalue weighted by Gasteiger charge is 2.21. The van der Waals surface area contributed by atoms with Gasteiger partial charge in [-0.05, 0) is 53.9 Å². The van der Waals surface area contributed by atoms with Gasteiger partial charge in [-0.15, -0.1) is 0 Å². The van der Waals surface area contributed by atoms with E-state index in [-0.39, 0.29) is 11.9 Å². The molecule has 0 saturated carbocycles. The molecular formula is C26H27N3O3. The van der Waals surface area contributed by atoms with Gasteiger partial charge in [0.2, 0.25) is 0 Å². The first-order valence-corrected chi connectivity index (χ1v) is 10.5. The van der Waals surface area contributed by atoms with Gasteiger partial charge in [-0.2, -0.15) is 0 Å². The van der Waals surface area contributed by atoms with E-state index in [0.717, 1.165) is 33.3 Å². The van der Waals surface area contributed by atoms with E-state index in [9.17, 15) is 4.79 Å². The van der Waals surface area contributed by atoms with Gasteiger partial charge in [-0.1, -0.05) is 36.4 Å². The van der Waals surface area contributed by atoms with Crippen LogP contribution in [0.4, 0.5) is 10.5 Å². The number of fused-ring (bicyclic) bond motifs is 1. The number of aromatic amines is 1. The first kappa shape index (κ1) is 21.3. The molecule has 1 heterocycles. The summed E-state index contributed by atoms with van der Waals surface area (Å²) in [5.41, 5.74) is 5.02. The summed E-state index contributed by atoms with van der Waals surface area (Å²) in [5.74, 6) is 1.23. The Hall–Kier alpha value is -3.93. The van der Waals surface area contributed by atoms with E-state index < -0.39 is 0 Å². The van der Waals surface area contributed by atoms with Crippen molar-refractivity contribution in [3.8, 4) is 11.5 Å². The van der Waals surface area contributed by atoms with Crippen molar-refractivity contribution in [2.24, 2.45) is 0 Å². The quantitative estimate of drug-likeness (QED) is 0.366. The van der Waals surface area contributed by atoms with Crippen LogP contribution in [-0.2, 0) is 0 Å². The lowest BCUT2D eigenvalue weighted by Gasteiger charge is -2.20. The molecule has 0 aliphatic carbocycles. The second-order valence-corrected chi connectivity index (χ2v) is 7.66. The third-order valence-corrected chi connectivity index (χ3v) is 5.55. The number of nitrogens with one attached hydrogen (secondary N) is 3. The van der Waals surface area contributed by atoms with Crippen molar-refractivity contribution in [1.29, 1.82) is 0 Å². The SMILES string of the molecule is COc1ccc(C(CNC(=O)Nc2cccc(C)c2)c2c[nH]c3ccccc23)cc1OC. The molecule has 6 nitrogen and oxygen atoms in total. The Morgan fingerprint density at radius 1 is 0.969 bits per heavy atom. The molecular weight excluding hydrogens is 402 g/mol. The van der Waals surface area contributed by atoms with Crippen LogP contribution in [0.5, 0.6) is 11.5 Å². The minimum Gasteiger partial charge on any atom is -0.493 e. The van der Waals surface area contributed by atoms with Crippen LogP contribution < -0.4 is 20.1 Å². The fourth-order valence-corrected chi connectivity index (χ4v) is 3.95. The number of hydrogen-bond acceptors (Lipinski definition) is 3. The van der Waals surface area contributed by atoms with Crippen LogP contribution in [0.2, 0.25) is 0 Å². The summed E-state index contributed by atoms with van der Waals surface area (Å²) in [6, 6.07) is 21.5. The van der Waals surface area contributed by atoms with E-state index in [1.807, 2.05) is 73.8 Å². The number of benzene rings is 3. The average molecular weight is 430 g/mol. The lowest BCUT2D eigenvalue weighted by molar-refractivity contribution is 0.252. The van der Waals surface area contributed by atoms with Gasteiger partial charge in [-0.25, -0.2) is 4.79 Å². The number of carbonyl (C=O) groups is 1. The van der Waals surface area contributed by atoms with Crippen molar-refractivity contribution >= 4 is 22.6 Å². The molecule has 1 atom stereocenters. The average Bonchev–Trinajstić information content (AvgIpc) is 3.23. The Morgan fingerprint density at radius 3 is 2.56 bits per heavy atom. The molecule has 4 rings (SSSR count). The molecule has 0 aliphatic heterocycles. The first-order valence-electron chi connectivity index (χ1n) is 10.5. The fourth-order valence-electron chi connectivity index (χ4n) is 3.95. The number of hydrogen-bond donors (Lipinski definition) is 3. The molecule has 32 heavy (non-hydrogen) atoms. The van der Waals surface area contributed by atoms with Crippen molar-refractivity contribution in [3.63, 3.8) is 0 Å². The molecule has 0 aliphatic rings. The number of rotatable bonds is 7. The van der Waals surface area contributed by atoms with Gasteiger partial charge in [-0.3, -0.25) is 0 Å². The Kier molecular flexibility index (Phi) is 6.31. The Morgan fingerprint density at radius 2 is 1.78 bits per heavy atom. The number of carbonyl (C=O) groups excluding carboxylic acids is 1. The Bertz CT molecular complexity index is 1230. The number of amides is 2. The third kappa shape index (κ3) is 4.54. The Labute approximate surface area is 187 Å². The summed E-state index contributed by atoms with van der Waals surface area (Å²) >= 11 is 0. The van der Waals surface area contributed by atoms with E-state index in [0.29, 0.717) is 18.0 Å². The van der Waals surface area contributed by atoms with Gasteiger partial charge in [0, 0.05) is 35.2 Å². The van der Waals surface area contributed by atoms with Gasteiger partial charge >= 0.3 is 6.03 Å². The van der Waals surface area contributed by atoms with Crippen molar-refractivity contribution in [2.75, 3.05) is 26.1 Å². The lowest BCUT2D eigenvalue weighted by Crippen LogP contribution is -2.32. The molecule has 2 amide bonds. The monoisotopic (exact) mass is 429 g/mol. The maximum atomic E-state index is 12.6. The second kappa shape index (κ2) is 9.47. The highest BCUT2D eigenvalue weighted by atomic mass is 16.5. The van der Waals surface area contributed by atoms with Crippen LogP contribution in [0, 0.1) is 6.92 Å². The fraction of sp³-hybridized carbons (Fsp3) is 0.192. The minimum atomic E-state index is -0.249. The number of para-hydroxylation sites is 1. The molecule has 0 spiro atoms. The standard InChI is InChI=1S/C26H27N3O3/c1-17-7-6-8-19(13-17)29-26(30)28-15-21(18-11-12-24(31-2)25(14-18)32-3)22-16-27-23-10-5-4-9-20(22)23/h4-14,16,21,27H,15H2,1-3H3,(H2,28,29,30). The summed E-state index contributed by atoms with van der Waals surface area (Å²) in [7, 11) is 3.24.